The fourth-order valence-electron chi connectivity index (χ4n) is 2.68. The highest BCUT2D eigenvalue weighted by atomic mass is 32.2. The van der Waals surface area contributed by atoms with E-state index in [2.05, 4.69) is 9.97 Å². The van der Waals surface area contributed by atoms with E-state index in [1.807, 2.05) is 49.3 Å². The molecule has 150 valence electrons. The van der Waals surface area contributed by atoms with E-state index in [1.165, 1.54) is 0 Å². The van der Waals surface area contributed by atoms with Crippen LogP contribution in [0.3, 0.4) is 0 Å². The van der Waals surface area contributed by atoms with Crippen molar-refractivity contribution in [2.24, 2.45) is 0 Å². The van der Waals surface area contributed by atoms with Gasteiger partial charge in [-0.2, -0.15) is 0 Å². The molecule has 0 saturated heterocycles. The molecule has 1 aromatic heterocycles. The zero-order valence-corrected chi connectivity index (χ0v) is 17.2. The average Bonchev–Trinajstić information content (AvgIpc) is 2.71. The molecule has 0 fully saturated rings. The van der Waals surface area contributed by atoms with Crippen molar-refractivity contribution in [1.29, 1.82) is 0 Å². The molecule has 0 spiro atoms. The number of H-pyrrole nitrogens is 2. The quantitative estimate of drug-likeness (QED) is 0.576. The van der Waals surface area contributed by atoms with Crippen molar-refractivity contribution >= 4 is 23.3 Å². The van der Waals surface area contributed by atoms with Gasteiger partial charge in [-0.1, -0.05) is 30.3 Å². The minimum absolute atomic E-state index is 0.168. The lowest BCUT2D eigenvalue weighted by atomic mass is 10.2. The third-order valence-electron chi connectivity index (χ3n) is 4.27. The van der Waals surface area contributed by atoms with Gasteiger partial charge in [-0.3, -0.25) is 9.59 Å². The minimum atomic E-state index is -1.07. The predicted octanol–water partition coefficient (Wildman–Crippen LogP) is 0.390. The first kappa shape index (κ1) is 20.9. The van der Waals surface area contributed by atoms with Crippen LogP contribution in [0.5, 0.6) is 0 Å². The molecular formula is C22H23N3O3S. The van der Waals surface area contributed by atoms with Gasteiger partial charge in [0, 0.05) is 6.54 Å². The van der Waals surface area contributed by atoms with Gasteiger partial charge in [-0.05, 0) is 72.8 Å². The van der Waals surface area contributed by atoms with Gasteiger partial charge in [0.15, 0.2) is 4.90 Å². The van der Waals surface area contributed by atoms with Crippen LogP contribution in [0.15, 0.2) is 69.1 Å². The molecule has 0 bridgehead atoms. The molecule has 1 unspecified atom stereocenters. The Labute approximate surface area is 171 Å². The van der Waals surface area contributed by atoms with Crippen LogP contribution < -0.4 is 21.8 Å². The Morgan fingerprint density at radius 2 is 1.38 bits per heavy atom. The zero-order valence-electron chi connectivity index (χ0n) is 16.3. The summed E-state index contributed by atoms with van der Waals surface area (Å²) in [4.78, 5) is 32.7. The summed E-state index contributed by atoms with van der Waals surface area (Å²) in [6.07, 6.45) is 3.22. The molecule has 2 N–H and O–H groups in total. The fraction of sp³-hybridized carbons (Fsp3) is 0.182. The summed E-state index contributed by atoms with van der Waals surface area (Å²) in [5.74, 6) is 0.558. The first-order valence-electron chi connectivity index (χ1n) is 9.17. The summed E-state index contributed by atoms with van der Waals surface area (Å²) in [5.41, 5.74) is 0.800. The highest BCUT2D eigenvalue weighted by Gasteiger charge is 2.10. The average molecular weight is 410 g/mol. The highest BCUT2D eigenvalue weighted by Crippen LogP contribution is 2.12. The first-order chi connectivity index (χ1) is 13.9. The topological polar surface area (TPSA) is 92.0 Å². The Hall–Kier alpha value is -2.87. The highest BCUT2D eigenvalue weighted by molar-refractivity contribution is 7.91. The Morgan fingerprint density at radius 3 is 1.90 bits per heavy atom. The third kappa shape index (κ3) is 5.80. The van der Waals surface area contributed by atoms with Gasteiger partial charge in [0.2, 0.25) is 0 Å². The van der Waals surface area contributed by atoms with Crippen LogP contribution in [0.25, 0.3) is 12.2 Å². The summed E-state index contributed by atoms with van der Waals surface area (Å²) in [6, 6.07) is 16.4. The van der Waals surface area contributed by atoms with Crippen molar-refractivity contribution in [2.75, 3.05) is 26.4 Å². The number of aromatic nitrogens is 2. The molecule has 0 radical (unpaired) electrons. The van der Waals surface area contributed by atoms with Crippen LogP contribution >= 0.6 is 0 Å². The summed E-state index contributed by atoms with van der Waals surface area (Å²) < 4.78 is 12.3. The molecule has 3 rings (SSSR count). The number of nitrogens with zero attached hydrogens (tertiary/aromatic N) is 1. The van der Waals surface area contributed by atoms with Crippen LogP contribution in [0.1, 0.15) is 11.1 Å². The fourth-order valence-corrected chi connectivity index (χ4v) is 3.88. The maximum Gasteiger partial charge on any atom is 0.272 e. The second-order valence-corrected chi connectivity index (χ2v) is 8.43. The molecule has 7 heteroatoms. The number of rotatable bonds is 6. The lowest BCUT2D eigenvalue weighted by Gasteiger charge is -2.13. The lowest BCUT2D eigenvalue weighted by Crippen LogP contribution is -2.46. The largest absolute Gasteiger partial charge is 0.611 e. The number of aromatic amines is 2. The lowest BCUT2D eigenvalue weighted by molar-refractivity contribution is 0.432. The molecule has 2 aromatic carbocycles. The second-order valence-electron chi connectivity index (χ2n) is 6.86. The van der Waals surface area contributed by atoms with E-state index in [4.69, 9.17) is 0 Å². The van der Waals surface area contributed by atoms with Crippen LogP contribution in [0.4, 0.5) is 0 Å². The SMILES string of the molecule is CN(C)CC[S+]([O-])c1ccc(C=c2[nH]c(=O)c(=Cc3ccccc3)[nH]c2=O)cc1. The van der Waals surface area contributed by atoms with Crippen molar-refractivity contribution in [3.8, 4) is 0 Å². The molecule has 1 heterocycles. The van der Waals surface area contributed by atoms with Crippen LogP contribution in [0.2, 0.25) is 0 Å². The maximum atomic E-state index is 12.4. The molecule has 0 amide bonds. The van der Waals surface area contributed by atoms with Crippen molar-refractivity contribution in [1.82, 2.24) is 14.9 Å². The van der Waals surface area contributed by atoms with E-state index in [0.717, 1.165) is 22.6 Å². The van der Waals surface area contributed by atoms with Crippen LogP contribution in [0, 0.1) is 0 Å². The van der Waals surface area contributed by atoms with Gasteiger partial charge < -0.3 is 19.4 Å². The molecule has 0 aliphatic heterocycles. The second kappa shape index (κ2) is 9.56. The minimum Gasteiger partial charge on any atom is -0.611 e. The Kier molecular flexibility index (Phi) is 6.87. The van der Waals surface area contributed by atoms with E-state index in [9.17, 15) is 14.1 Å². The van der Waals surface area contributed by atoms with Gasteiger partial charge in [0.05, 0.1) is 0 Å². The number of hydrogen-bond acceptors (Lipinski definition) is 4. The molecule has 0 saturated carbocycles. The van der Waals surface area contributed by atoms with E-state index in [-0.39, 0.29) is 21.8 Å². The van der Waals surface area contributed by atoms with Gasteiger partial charge in [-0.25, -0.2) is 0 Å². The first-order valence-corrected chi connectivity index (χ1v) is 10.5. The zero-order chi connectivity index (χ0) is 20.8. The molecule has 0 aliphatic carbocycles. The summed E-state index contributed by atoms with van der Waals surface area (Å²) in [6.45, 7) is 0.740. The molecule has 0 aliphatic rings. The third-order valence-corrected chi connectivity index (χ3v) is 5.63. The van der Waals surface area contributed by atoms with E-state index in [1.54, 1.807) is 36.4 Å². The van der Waals surface area contributed by atoms with Gasteiger partial charge >= 0.3 is 0 Å². The molecular weight excluding hydrogens is 386 g/mol. The summed E-state index contributed by atoms with van der Waals surface area (Å²) >= 11 is -1.07. The molecule has 3 aromatic rings. The molecule has 6 nitrogen and oxygen atoms in total. The van der Waals surface area contributed by atoms with Gasteiger partial charge in [-0.15, -0.1) is 0 Å². The smallest absolute Gasteiger partial charge is 0.272 e. The number of benzene rings is 2. The van der Waals surface area contributed by atoms with E-state index < -0.39 is 11.2 Å². The number of hydrogen-bond donors (Lipinski definition) is 2. The normalized spacial score (nSPS) is 13.8. The van der Waals surface area contributed by atoms with E-state index in [0.29, 0.717) is 5.75 Å². The van der Waals surface area contributed by atoms with Gasteiger partial charge in [0.1, 0.15) is 16.5 Å². The van der Waals surface area contributed by atoms with Crippen molar-refractivity contribution in [3.05, 3.63) is 97.1 Å². The molecule has 29 heavy (non-hydrogen) atoms. The maximum absolute atomic E-state index is 12.4. The van der Waals surface area contributed by atoms with Crippen LogP contribution in [-0.2, 0) is 11.2 Å². The van der Waals surface area contributed by atoms with Crippen molar-refractivity contribution < 1.29 is 4.55 Å². The monoisotopic (exact) mass is 409 g/mol. The van der Waals surface area contributed by atoms with Crippen LogP contribution in [-0.4, -0.2) is 45.8 Å². The predicted molar refractivity (Wildman–Crippen MR) is 117 cm³/mol. The van der Waals surface area contributed by atoms with Crippen molar-refractivity contribution in [2.45, 2.75) is 4.90 Å². The Balaban J connectivity index is 1.87. The summed E-state index contributed by atoms with van der Waals surface area (Å²) in [5, 5.41) is 0.367. The standard InChI is InChI=1S/C22H23N3O3S/c1-25(2)12-13-29(28)18-10-8-17(9-11-18)15-20-22(27)23-19(21(26)24-20)14-16-6-4-3-5-7-16/h3-11,14-15H,12-13H2,1-2H3,(H,23,27)(H,24,26). The Bertz CT molecular complexity index is 1180. The number of nitrogens with one attached hydrogen (secondary N) is 2. The van der Waals surface area contributed by atoms with Gasteiger partial charge in [0.25, 0.3) is 11.1 Å². The molecule has 1 atom stereocenters. The Morgan fingerprint density at radius 1 is 0.862 bits per heavy atom. The van der Waals surface area contributed by atoms with Crippen molar-refractivity contribution in [3.63, 3.8) is 0 Å². The summed E-state index contributed by atoms with van der Waals surface area (Å²) in [7, 11) is 3.88. The van der Waals surface area contributed by atoms with E-state index >= 15 is 0 Å².